The first kappa shape index (κ1) is 11.9. The van der Waals surface area contributed by atoms with E-state index in [9.17, 15) is 13.6 Å². The molecule has 0 aliphatic heterocycles. The quantitative estimate of drug-likeness (QED) is 0.720. The van der Waals surface area contributed by atoms with Crippen LogP contribution in [0, 0.1) is 11.6 Å². The van der Waals surface area contributed by atoms with E-state index < -0.39 is 35.0 Å². The van der Waals surface area contributed by atoms with Crippen LogP contribution in [0.2, 0.25) is 0 Å². The van der Waals surface area contributed by atoms with Gasteiger partial charge >= 0.3 is 5.97 Å². The summed E-state index contributed by atoms with van der Waals surface area (Å²) < 4.78 is 25.8. The lowest BCUT2D eigenvalue weighted by Crippen LogP contribution is -2.13. The highest BCUT2D eigenvalue weighted by Gasteiger charge is 2.27. The first-order chi connectivity index (χ1) is 6.86. The molecule has 0 aliphatic rings. The average molecular weight is 283 g/mol. The monoisotopic (exact) mass is 282 g/mol. The van der Waals surface area contributed by atoms with Gasteiger partial charge in [-0.1, -0.05) is 0 Å². The smallest absolute Gasteiger partial charge is 0.337 e. The number of rotatable bonds is 2. The Balaban J connectivity index is 3.45. The van der Waals surface area contributed by atoms with Gasteiger partial charge in [0.2, 0.25) is 0 Å². The molecule has 0 saturated carbocycles. The van der Waals surface area contributed by atoms with Gasteiger partial charge in [0.05, 0.1) is 10.0 Å². The second-order valence-corrected chi connectivity index (χ2v) is 3.51. The number of benzene rings is 1. The molecule has 1 aromatic carbocycles. The molecule has 7 heteroatoms. The fourth-order valence-electron chi connectivity index (χ4n) is 0.977. The number of aliphatic hydroxyl groups excluding tert-OH is 1. The van der Waals surface area contributed by atoms with Crippen molar-refractivity contribution in [3.63, 3.8) is 0 Å². The van der Waals surface area contributed by atoms with Gasteiger partial charge in [0.25, 0.3) is 0 Å². The number of hydrogen-bond acceptors (Lipinski definition) is 3. The Bertz CT molecular complexity index is 395. The van der Waals surface area contributed by atoms with Crippen LogP contribution in [0.5, 0.6) is 5.75 Å². The minimum atomic E-state index is -2.32. The third kappa shape index (κ3) is 2.07. The van der Waals surface area contributed by atoms with Gasteiger partial charge < -0.3 is 15.3 Å². The number of halogens is 3. The summed E-state index contributed by atoms with van der Waals surface area (Å²) in [5.74, 6) is -5.45. The molecule has 0 aliphatic carbocycles. The van der Waals surface area contributed by atoms with E-state index in [4.69, 9.17) is 15.3 Å². The lowest BCUT2D eigenvalue weighted by Gasteiger charge is -2.11. The summed E-state index contributed by atoms with van der Waals surface area (Å²) in [4.78, 5) is 10.4. The lowest BCUT2D eigenvalue weighted by atomic mass is 10.1. The molecule has 82 valence electrons. The van der Waals surface area contributed by atoms with Gasteiger partial charge in [0, 0.05) is 0 Å². The first-order valence-corrected chi connectivity index (χ1v) is 4.42. The van der Waals surface area contributed by atoms with Crippen LogP contribution in [0.25, 0.3) is 0 Å². The maximum absolute atomic E-state index is 13.3. The van der Waals surface area contributed by atoms with Crippen LogP contribution in [0.1, 0.15) is 11.7 Å². The Morgan fingerprint density at radius 2 is 2.00 bits per heavy atom. The van der Waals surface area contributed by atoms with Crippen LogP contribution in [-0.2, 0) is 4.79 Å². The molecule has 1 atom stereocenters. The number of aromatic hydroxyl groups is 1. The van der Waals surface area contributed by atoms with E-state index in [1.165, 1.54) is 0 Å². The maximum atomic E-state index is 13.3. The van der Waals surface area contributed by atoms with Gasteiger partial charge in [-0.25, -0.2) is 13.6 Å². The summed E-state index contributed by atoms with van der Waals surface area (Å²) in [6, 6.07) is 0.628. The molecule has 0 amide bonds. The van der Waals surface area contributed by atoms with Gasteiger partial charge in [-0.15, -0.1) is 0 Å². The van der Waals surface area contributed by atoms with Crippen molar-refractivity contribution in [1.29, 1.82) is 0 Å². The van der Waals surface area contributed by atoms with Crippen LogP contribution in [0.15, 0.2) is 10.5 Å². The molecule has 0 aromatic heterocycles. The standard InChI is InChI=1S/C8H5BrF2O4/c9-2-1-3(10)6(12)4(5(2)11)7(13)8(14)15/h1,7,12-13H,(H,14,15). The zero-order valence-corrected chi connectivity index (χ0v) is 8.62. The third-order valence-corrected chi connectivity index (χ3v) is 2.27. The van der Waals surface area contributed by atoms with Crippen molar-refractivity contribution >= 4 is 21.9 Å². The highest BCUT2D eigenvalue weighted by atomic mass is 79.9. The molecule has 4 nitrogen and oxygen atoms in total. The first-order valence-electron chi connectivity index (χ1n) is 3.63. The minimum Gasteiger partial charge on any atom is -0.504 e. The van der Waals surface area contributed by atoms with Crippen molar-refractivity contribution < 1.29 is 28.9 Å². The number of phenols is 1. The number of hydrogen-bond donors (Lipinski definition) is 3. The van der Waals surface area contributed by atoms with Crippen molar-refractivity contribution in [1.82, 2.24) is 0 Å². The van der Waals surface area contributed by atoms with E-state index in [0.717, 1.165) is 0 Å². The highest BCUT2D eigenvalue weighted by Crippen LogP contribution is 2.34. The Morgan fingerprint density at radius 3 is 2.47 bits per heavy atom. The second-order valence-electron chi connectivity index (χ2n) is 2.66. The van der Waals surface area contributed by atoms with E-state index in [-0.39, 0.29) is 4.47 Å². The molecule has 0 bridgehead atoms. The molecule has 1 aromatic rings. The summed E-state index contributed by atoms with van der Waals surface area (Å²) >= 11 is 2.62. The minimum absolute atomic E-state index is 0.381. The van der Waals surface area contributed by atoms with E-state index >= 15 is 0 Å². The van der Waals surface area contributed by atoms with Gasteiger partial charge in [0.15, 0.2) is 17.7 Å². The van der Waals surface area contributed by atoms with Crippen molar-refractivity contribution in [2.75, 3.05) is 0 Å². The fraction of sp³-hybridized carbons (Fsp3) is 0.125. The van der Waals surface area contributed by atoms with Crippen molar-refractivity contribution in [3.8, 4) is 5.75 Å². The van der Waals surface area contributed by atoms with Gasteiger partial charge in [-0.3, -0.25) is 0 Å². The van der Waals surface area contributed by atoms with E-state index in [1.807, 2.05) is 0 Å². The molecule has 1 unspecified atom stereocenters. The topological polar surface area (TPSA) is 77.8 Å². The van der Waals surface area contributed by atoms with Crippen LogP contribution in [-0.4, -0.2) is 21.3 Å². The number of carboxylic acid groups (broad SMARTS) is 1. The highest BCUT2D eigenvalue weighted by molar-refractivity contribution is 9.10. The molecule has 15 heavy (non-hydrogen) atoms. The molecule has 0 spiro atoms. The number of carbonyl (C=O) groups is 1. The van der Waals surface area contributed by atoms with Crippen molar-refractivity contribution in [3.05, 3.63) is 27.7 Å². The molecule has 0 saturated heterocycles. The molecule has 0 heterocycles. The second kappa shape index (κ2) is 4.11. The Kier molecular flexibility index (Phi) is 3.25. The third-order valence-electron chi connectivity index (χ3n) is 1.69. The summed E-state index contributed by atoms with van der Waals surface area (Å²) in [6.07, 6.45) is -2.32. The van der Waals surface area contributed by atoms with Crippen molar-refractivity contribution in [2.24, 2.45) is 0 Å². The lowest BCUT2D eigenvalue weighted by molar-refractivity contribution is -0.147. The largest absolute Gasteiger partial charge is 0.504 e. The van der Waals surface area contributed by atoms with Gasteiger partial charge in [0.1, 0.15) is 5.82 Å². The predicted octanol–water partition coefficient (Wildman–Crippen LogP) is 1.55. The number of aliphatic hydroxyl groups is 1. The summed E-state index contributed by atoms with van der Waals surface area (Å²) in [5.41, 5.74) is -1.01. The van der Waals surface area contributed by atoms with E-state index in [2.05, 4.69) is 15.9 Å². The number of aliphatic carboxylic acids is 1. The normalized spacial score (nSPS) is 12.5. The molecule has 0 radical (unpaired) electrons. The van der Waals surface area contributed by atoms with Crippen LogP contribution in [0.4, 0.5) is 8.78 Å². The zero-order valence-electron chi connectivity index (χ0n) is 7.04. The van der Waals surface area contributed by atoms with E-state index in [0.29, 0.717) is 6.07 Å². The zero-order chi connectivity index (χ0) is 11.7. The van der Waals surface area contributed by atoms with Gasteiger partial charge in [-0.2, -0.15) is 0 Å². The van der Waals surface area contributed by atoms with E-state index in [1.54, 1.807) is 0 Å². The van der Waals surface area contributed by atoms with Crippen molar-refractivity contribution in [2.45, 2.75) is 6.10 Å². The Hall–Kier alpha value is -1.21. The SMILES string of the molecule is O=C(O)C(O)c1c(O)c(F)cc(Br)c1F. The molecular formula is C8H5BrF2O4. The Labute approximate surface area is 90.9 Å². The molecule has 0 fully saturated rings. The summed E-state index contributed by atoms with van der Waals surface area (Å²) in [6.45, 7) is 0. The van der Waals surface area contributed by atoms with Gasteiger partial charge in [-0.05, 0) is 22.0 Å². The maximum Gasteiger partial charge on any atom is 0.337 e. The predicted molar refractivity (Wildman–Crippen MR) is 48.3 cm³/mol. The Morgan fingerprint density at radius 1 is 1.47 bits per heavy atom. The van der Waals surface area contributed by atoms with Crippen LogP contribution >= 0.6 is 15.9 Å². The van der Waals surface area contributed by atoms with Crippen LogP contribution < -0.4 is 0 Å². The molecule has 3 N–H and O–H groups in total. The number of phenolic OH excluding ortho intramolecular Hbond substituents is 1. The summed E-state index contributed by atoms with van der Waals surface area (Å²) in [7, 11) is 0. The number of carboxylic acids is 1. The molecular weight excluding hydrogens is 278 g/mol. The van der Waals surface area contributed by atoms with Crippen LogP contribution in [0.3, 0.4) is 0 Å². The summed E-state index contributed by atoms with van der Waals surface area (Å²) in [5, 5.41) is 26.5. The fourth-order valence-corrected chi connectivity index (χ4v) is 1.39. The molecule has 1 rings (SSSR count). The average Bonchev–Trinajstić information content (AvgIpc) is 2.15.